The summed E-state index contributed by atoms with van der Waals surface area (Å²) in [6.45, 7) is 15.6. The number of ether oxygens (including phenoxy) is 3. The Labute approximate surface area is 245 Å². The molecule has 2 saturated heterocycles. The first kappa shape index (κ1) is 30.4. The van der Waals surface area contributed by atoms with E-state index in [2.05, 4.69) is 60.7 Å². The Hall–Kier alpha value is -3.55. The molecule has 2 aromatic rings. The number of nitrogens with zero attached hydrogens (tertiary/aromatic N) is 3. The number of likely N-dealkylation sites (N-methyl/N-ethyl adjacent to an activating group) is 1. The lowest BCUT2D eigenvalue weighted by Gasteiger charge is -2.40. The molecule has 7 heteroatoms. The summed E-state index contributed by atoms with van der Waals surface area (Å²) < 4.78 is 17.7. The van der Waals surface area contributed by atoms with Gasteiger partial charge in [0, 0.05) is 57.3 Å². The van der Waals surface area contributed by atoms with Crippen molar-refractivity contribution < 1.29 is 19.0 Å². The van der Waals surface area contributed by atoms with Crippen molar-refractivity contribution in [1.82, 2.24) is 14.7 Å². The second-order valence-corrected chi connectivity index (χ2v) is 10.8. The predicted molar refractivity (Wildman–Crippen MR) is 164 cm³/mol. The van der Waals surface area contributed by atoms with Crippen molar-refractivity contribution in [3.05, 3.63) is 95.3 Å². The van der Waals surface area contributed by atoms with Crippen LogP contribution in [0.15, 0.2) is 78.6 Å². The molecule has 4 rings (SSSR count). The molecule has 41 heavy (non-hydrogen) atoms. The lowest BCUT2D eigenvalue weighted by atomic mass is 9.90. The smallest absolute Gasteiger partial charge is 0.253 e. The predicted octanol–water partition coefficient (Wildman–Crippen LogP) is 5.04. The number of rotatable bonds is 13. The Balaban J connectivity index is 1.27. The number of amides is 1. The summed E-state index contributed by atoms with van der Waals surface area (Å²) in [6, 6.07) is 14.5. The number of allylic oxidation sites excluding steroid dienone is 2. The lowest BCUT2D eigenvalue weighted by Crippen LogP contribution is -2.48. The first-order valence-corrected chi connectivity index (χ1v) is 14.6. The normalized spacial score (nSPS) is 17.0. The number of aryl methyl sites for hydroxylation is 1. The first-order valence-electron chi connectivity index (χ1n) is 14.6. The van der Waals surface area contributed by atoms with Crippen LogP contribution in [-0.4, -0.2) is 87.2 Å². The van der Waals surface area contributed by atoms with Gasteiger partial charge in [-0.2, -0.15) is 0 Å². The fraction of sp³-hybridized carbons (Fsp3) is 0.441. The molecule has 0 aromatic heterocycles. The van der Waals surface area contributed by atoms with Crippen molar-refractivity contribution in [2.75, 3.05) is 66.6 Å². The minimum absolute atomic E-state index is 0.0630. The maximum atomic E-state index is 13.1. The van der Waals surface area contributed by atoms with E-state index in [1.54, 1.807) is 13.2 Å². The van der Waals surface area contributed by atoms with Crippen molar-refractivity contribution >= 4 is 5.91 Å². The van der Waals surface area contributed by atoms with Crippen LogP contribution < -0.4 is 9.47 Å². The highest BCUT2D eigenvalue weighted by Gasteiger charge is 2.33. The van der Waals surface area contributed by atoms with Gasteiger partial charge >= 0.3 is 0 Å². The summed E-state index contributed by atoms with van der Waals surface area (Å²) in [5.74, 6) is 2.26. The van der Waals surface area contributed by atoms with Crippen LogP contribution in [0, 0.1) is 0 Å². The molecular formula is C34H45N3O4. The highest BCUT2D eigenvalue weighted by Crippen LogP contribution is 2.35. The van der Waals surface area contributed by atoms with Crippen LogP contribution in [0.4, 0.5) is 0 Å². The number of likely N-dealkylation sites (tertiary alicyclic amines) is 1. The maximum absolute atomic E-state index is 13.1. The third kappa shape index (κ3) is 8.47. The number of methoxy groups -OCH3 is 1. The first-order chi connectivity index (χ1) is 19.9. The topological polar surface area (TPSA) is 54.5 Å². The quantitative estimate of drug-likeness (QED) is 0.195. The summed E-state index contributed by atoms with van der Waals surface area (Å²) in [5, 5.41) is 0. The van der Waals surface area contributed by atoms with Crippen molar-refractivity contribution in [3.8, 4) is 11.5 Å². The highest BCUT2D eigenvalue weighted by molar-refractivity contribution is 5.96. The molecular weight excluding hydrogens is 514 g/mol. The molecule has 220 valence electrons. The third-order valence-electron chi connectivity index (χ3n) is 7.85. The Bertz CT molecular complexity index is 1220. The number of carbonyl (C=O) groups is 1. The summed E-state index contributed by atoms with van der Waals surface area (Å²) in [6.07, 6.45) is 6.58. The fourth-order valence-electron chi connectivity index (χ4n) is 5.05. The van der Waals surface area contributed by atoms with Crippen molar-refractivity contribution in [1.29, 1.82) is 0 Å². The van der Waals surface area contributed by atoms with Gasteiger partial charge in [0.2, 0.25) is 0 Å². The van der Waals surface area contributed by atoms with Gasteiger partial charge in [0.15, 0.2) is 11.5 Å². The van der Waals surface area contributed by atoms with Crippen LogP contribution in [0.5, 0.6) is 11.5 Å². The van der Waals surface area contributed by atoms with E-state index in [1.165, 1.54) is 5.56 Å². The van der Waals surface area contributed by atoms with Gasteiger partial charge in [-0.25, -0.2) is 0 Å². The third-order valence-corrected chi connectivity index (χ3v) is 7.85. The summed E-state index contributed by atoms with van der Waals surface area (Å²) in [5.41, 5.74) is 4.00. The van der Waals surface area contributed by atoms with E-state index in [0.717, 1.165) is 50.3 Å². The number of carbonyl (C=O) groups excluding carboxylic acids is 1. The number of piperazine rings is 1. The van der Waals surface area contributed by atoms with Gasteiger partial charge in [-0.1, -0.05) is 49.9 Å². The van der Waals surface area contributed by atoms with Gasteiger partial charge in [-0.3, -0.25) is 9.69 Å². The number of benzene rings is 2. The molecule has 2 aliphatic heterocycles. The Morgan fingerprint density at radius 3 is 2.39 bits per heavy atom. The average molecular weight is 560 g/mol. The lowest BCUT2D eigenvalue weighted by molar-refractivity contribution is -0.131. The van der Waals surface area contributed by atoms with E-state index in [0.29, 0.717) is 49.1 Å². The summed E-state index contributed by atoms with van der Waals surface area (Å²) >= 11 is 0. The van der Waals surface area contributed by atoms with E-state index in [4.69, 9.17) is 14.2 Å². The van der Waals surface area contributed by atoms with Crippen LogP contribution in [0.2, 0.25) is 0 Å². The van der Waals surface area contributed by atoms with Gasteiger partial charge in [-0.15, -0.1) is 0 Å². The molecule has 7 nitrogen and oxygen atoms in total. The zero-order valence-corrected chi connectivity index (χ0v) is 25.1. The molecule has 1 amide bonds. The Morgan fingerprint density at radius 1 is 1.02 bits per heavy atom. The zero-order chi connectivity index (χ0) is 29.2. The minimum Gasteiger partial charge on any atom is -0.493 e. The largest absolute Gasteiger partial charge is 0.493 e. The SMILES string of the molecule is C=C(/C=C(\C=C/C)OCCN1CCN(C)CC1)C(=O)N1CC(c2ccc(OCc3ccc(CC)cc3)c(OC)c2)C1. The fourth-order valence-corrected chi connectivity index (χ4v) is 5.05. The highest BCUT2D eigenvalue weighted by atomic mass is 16.5. The van der Waals surface area contributed by atoms with Crippen LogP contribution in [0.25, 0.3) is 0 Å². The molecule has 0 spiro atoms. The van der Waals surface area contributed by atoms with E-state index in [9.17, 15) is 4.79 Å². The van der Waals surface area contributed by atoms with Crippen LogP contribution in [0.3, 0.4) is 0 Å². The standard InChI is InChI=1S/C34H45N3O4/c1-6-8-31(40-20-19-36-17-15-35(4)16-18-36)21-26(3)34(38)37-23-30(24-37)29-13-14-32(33(22-29)39-5)41-25-28-11-9-27(7-2)10-12-28/h6,8-14,21-22,30H,3,7,15-20,23-25H2,1-2,4-5H3/b8-6-,31-21+. The Kier molecular flexibility index (Phi) is 11.0. The van der Waals surface area contributed by atoms with Gasteiger partial charge in [0.1, 0.15) is 19.0 Å². The molecule has 2 aliphatic rings. The molecule has 0 atom stereocenters. The van der Waals surface area contributed by atoms with Gasteiger partial charge in [0.25, 0.3) is 5.91 Å². The van der Waals surface area contributed by atoms with E-state index >= 15 is 0 Å². The molecule has 0 radical (unpaired) electrons. The van der Waals surface area contributed by atoms with Gasteiger partial charge in [0.05, 0.1) is 7.11 Å². The maximum Gasteiger partial charge on any atom is 0.253 e. The van der Waals surface area contributed by atoms with E-state index in [1.807, 2.05) is 36.1 Å². The average Bonchev–Trinajstić information content (AvgIpc) is 2.96. The molecule has 0 N–H and O–H groups in total. The van der Waals surface area contributed by atoms with Crippen LogP contribution in [0.1, 0.15) is 36.5 Å². The molecule has 2 heterocycles. The summed E-state index contributed by atoms with van der Waals surface area (Å²) in [4.78, 5) is 19.7. The molecule has 0 saturated carbocycles. The minimum atomic E-state index is -0.0630. The molecule has 0 unspecified atom stereocenters. The van der Waals surface area contributed by atoms with Gasteiger partial charge < -0.3 is 24.0 Å². The van der Waals surface area contributed by atoms with Crippen LogP contribution >= 0.6 is 0 Å². The van der Waals surface area contributed by atoms with Crippen molar-refractivity contribution in [2.24, 2.45) is 0 Å². The summed E-state index contributed by atoms with van der Waals surface area (Å²) in [7, 11) is 3.81. The second kappa shape index (κ2) is 14.9. The zero-order valence-electron chi connectivity index (χ0n) is 25.1. The number of hydrogen-bond acceptors (Lipinski definition) is 6. The Morgan fingerprint density at radius 2 is 1.73 bits per heavy atom. The monoisotopic (exact) mass is 559 g/mol. The van der Waals surface area contributed by atoms with Crippen molar-refractivity contribution in [2.45, 2.75) is 32.8 Å². The van der Waals surface area contributed by atoms with Gasteiger partial charge in [-0.05, 0) is 61.4 Å². The molecule has 2 aromatic carbocycles. The number of hydrogen-bond donors (Lipinski definition) is 0. The van der Waals surface area contributed by atoms with Crippen LogP contribution in [-0.2, 0) is 22.6 Å². The van der Waals surface area contributed by atoms with E-state index in [-0.39, 0.29) is 11.8 Å². The molecule has 0 aliphatic carbocycles. The second-order valence-electron chi connectivity index (χ2n) is 10.8. The van der Waals surface area contributed by atoms with Crippen molar-refractivity contribution in [3.63, 3.8) is 0 Å². The van der Waals surface area contributed by atoms with E-state index < -0.39 is 0 Å². The molecule has 0 bridgehead atoms. The molecule has 2 fully saturated rings.